The maximum absolute atomic E-state index is 9.46. The van der Waals surface area contributed by atoms with Crippen LogP contribution in [0.4, 0.5) is 0 Å². The smallest absolute Gasteiger partial charge is 0.141 e. The van der Waals surface area contributed by atoms with Gasteiger partial charge in [-0.2, -0.15) is 10.4 Å². The van der Waals surface area contributed by atoms with E-state index in [0.29, 0.717) is 22.3 Å². The monoisotopic (exact) mass is 313 g/mol. The molecule has 116 valence electrons. The molecule has 4 rings (SSSR count). The second-order valence-corrected chi connectivity index (χ2v) is 5.10. The molecule has 0 aromatic carbocycles. The number of aromatic nitrogens is 5. The first-order valence-electron chi connectivity index (χ1n) is 10.7. The summed E-state index contributed by atoms with van der Waals surface area (Å²) in [6.07, 6.45) is -2.25. The van der Waals surface area contributed by atoms with Crippen molar-refractivity contribution in [1.29, 1.82) is 5.26 Å². The van der Waals surface area contributed by atoms with Gasteiger partial charge in [0, 0.05) is 32.9 Å². The summed E-state index contributed by atoms with van der Waals surface area (Å²) < 4.78 is 59.4. The van der Waals surface area contributed by atoms with E-state index in [0.717, 1.165) is 4.68 Å². The lowest BCUT2D eigenvalue weighted by atomic mass is 9.96. The molecule has 1 aliphatic rings. The van der Waals surface area contributed by atoms with Gasteiger partial charge in [0.15, 0.2) is 0 Å². The Bertz CT molecular complexity index is 1130. The fourth-order valence-electron chi connectivity index (χ4n) is 2.69. The van der Waals surface area contributed by atoms with Gasteiger partial charge in [-0.1, -0.05) is 12.8 Å². The first kappa shape index (κ1) is 8.25. The molecule has 0 unspecified atom stereocenters. The quantitative estimate of drug-likeness (QED) is 0.799. The second-order valence-electron chi connectivity index (χ2n) is 5.10. The molecule has 3 heterocycles. The standard InChI is InChI=1S/C17H18N6/c18-7-5-15(12-3-1-2-4-12)23-10-13(9-22-23)16-14-6-8-19-17(14)21-11-20-16/h6,8-12,15H,1-5H2,(H,19,20,21)/t15-/m1/s1/i3D2,4D2,5D2,12D. The summed E-state index contributed by atoms with van der Waals surface area (Å²) in [4.78, 5) is 11.3. The van der Waals surface area contributed by atoms with Gasteiger partial charge in [-0.15, -0.1) is 0 Å². The number of hydrogen-bond acceptors (Lipinski definition) is 4. The minimum Gasteiger partial charge on any atom is -0.346 e. The molecule has 0 aliphatic heterocycles. The fraction of sp³-hybridized carbons (Fsp3) is 0.412. The van der Waals surface area contributed by atoms with Crippen LogP contribution in [0.15, 0.2) is 31.0 Å². The summed E-state index contributed by atoms with van der Waals surface area (Å²) in [7, 11) is 0. The molecule has 0 radical (unpaired) electrons. The molecule has 0 spiro atoms. The van der Waals surface area contributed by atoms with E-state index in [9.17, 15) is 5.26 Å². The number of nitrogens with zero attached hydrogens (tertiary/aromatic N) is 5. The number of aromatic amines is 1. The lowest BCUT2D eigenvalue weighted by molar-refractivity contribution is 0.315. The summed E-state index contributed by atoms with van der Waals surface area (Å²) in [6.45, 7) is 0. The maximum Gasteiger partial charge on any atom is 0.141 e. The molecule has 6 nitrogen and oxygen atoms in total. The molecule has 1 saturated carbocycles. The number of nitrogens with one attached hydrogen (secondary N) is 1. The minimum atomic E-state index is -2.76. The van der Waals surface area contributed by atoms with Crippen LogP contribution in [-0.2, 0) is 0 Å². The fourth-order valence-corrected chi connectivity index (χ4v) is 2.69. The Hall–Kier alpha value is -2.68. The van der Waals surface area contributed by atoms with Gasteiger partial charge in [-0.3, -0.25) is 4.68 Å². The highest BCUT2D eigenvalue weighted by Gasteiger charge is 2.27. The zero-order valence-corrected chi connectivity index (χ0v) is 12.1. The molecule has 1 aliphatic carbocycles. The molecule has 3 aromatic heterocycles. The molecule has 1 fully saturated rings. The summed E-state index contributed by atoms with van der Waals surface area (Å²) in [6, 6.07) is 1.41. The van der Waals surface area contributed by atoms with Crippen molar-refractivity contribution < 1.29 is 9.60 Å². The van der Waals surface area contributed by atoms with Crippen molar-refractivity contribution in [3.05, 3.63) is 31.0 Å². The molecular weight excluding hydrogens is 288 g/mol. The van der Waals surface area contributed by atoms with Crippen LogP contribution in [0.1, 0.15) is 47.6 Å². The lowest BCUT2D eigenvalue weighted by Crippen LogP contribution is -2.17. The van der Waals surface area contributed by atoms with E-state index < -0.39 is 31.1 Å². The Morgan fingerprint density at radius 1 is 1.52 bits per heavy atom. The molecular formula is C17H18N6. The maximum atomic E-state index is 9.46. The molecule has 6 heteroatoms. The average molecular weight is 313 g/mol. The Balaban J connectivity index is 1.89. The van der Waals surface area contributed by atoms with Gasteiger partial charge in [-0.05, 0) is 24.7 Å². The summed E-state index contributed by atoms with van der Waals surface area (Å²) in [5.74, 6) is -2.59. The van der Waals surface area contributed by atoms with Gasteiger partial charge in [0.2, 0.25) is 0 Å². The second kappa shape index (κ2) is 5.84. The third kappa shape index (κ3) is 2.48. The van der Waals surface area contributed by atoms with Crippen molar-refractivity contribution in [2.45, 2.75) is 38.0 Å². The van der Waals surface area contributed by atoms with Gasteiger partial charge in [0.05, 0.1) is 30.4 Å². The van der Waals surface area contributed by atoms with Crippen LogP contribution in [0.2, 0.25) is 0 Å². The van der Waals surface area contributed by atoms with Crippen LogP contribution in [-0.4, -0.2) is 24.7 Å². The zero-order chi connectivity index (χ0) is 21.9. The number of H-pyrrole nitrogens is 1. The normalized spacial score (nSPS) is 27.5. The third-order valence-corrected chi connectivity index (χ3v) is 3.72. The van der Waals surface area contributed by atoms with Crippen LogP contribution < -0.4 is 0 Å². The third-order valence-electron chi connectivity index (χ3n) is 3.72. The largest absolute Gasteiger partial charge is 0.346 e. The van der Waals surface area contributed by atoms with Crippen molar-refractivity contribution >= 4 is 11.0 Å². The van der Waals surface area contributed by atoms with Gasteiger partial charge in [-0.25, -0.2) is 9.97 Å². The van der Waals surface area contributed by atoms with E-state index in [1.165, 1.54) is 24.8 Å². The zero-order valence-electron chi connectivity index (χ0n) is 19.1. The Labute approximate surface area is 144 Å². The number of rotatable bonds is 4. The topological polar surface area (TPSA) is 83.2 Å². The number of hydrogen-bond donors (Lipinski definition) is 1. The van der Waals surface area contributed by atoms with Crippen molar-refractivity contribution in [3.8, 4) is 17.3 Å². The van der Waals surface area contributed by atoms with Crippen LogP contribution in [0.5, 0.6) is 0 Å². The van der Waals surface area contributed by atoms with Gasteiger partial charge < -0.3 is 4.98 Å². The highest BCUT2D eigenvalue weighted by atomic mass is 15.3. The van der Waals surface area contributed by atoms with Crippen LogP contribution in [0, 0.1) is 17.2 Å². The van der Waals surface area contributed by atoms with Crippen LogP contribution in [0.25, 0.3) is 22.3 Å². The van der Waals surface area contributed by atoms with Gasteiger partial charge in [0.25, 0.3) is 0 Å². The molecule has 23 heavy (non-hydrogen) atoms. The average Bonchev–Trinajstić information content (AvgIpc) is 3.38. The predicted molar refractivity (Wildman–Crippen MR) is 86.3 cm³/mol. The van der Waals surface area contributed by atoms with E-state index in [1.54, 1.807) is 12.3 Å². The Morgan fingerprint density at radius 2 is 2.39 bits per heavy atom. The van der Waals surface area contributed by atoms with E-state index >= 15 is 0 Å². The number of fused-ring (bicyclic) bond motifs is 1. The summed E-state index contributed by atoms with van der Waals surface area (Å²) in [5, 5.41) is 14.3. The highest BCUT2D eigenvalue weighted by molar-refractivity contribution is 5.89. The first-order chi connectivity index (χ1) is 13.9. The van der Waals surface area contributed by atoms with E-state index in [-0.39, 0.29) is 12.8 Å². The first-order valence-corrected chi connectivity index (χ1v) is 7.18. The molecule has 3 aromatic rings. The summed E-state index contributed by atoms with van der Waals surface area (Å²) >= 11 is 0. The SMILES string of the molecule is [2H]C([2H])(C#N)[C@@H](n1cc(-c2ncnc3[nH]ccc23)cn1)C1([2H])C([2H])([2H])CCC1([2H])[2H]. The molecule has 0 bridgehead atoms. The van der Waals surface area contributed by atoms with Gasteiger partial charge >= 0.3 is 0 Å². The van der Waals surface area contributed by atoms with E-state index in [1.807, 2.05) is 0 Å². The van der Waals surface area contributed by atoms with Crippen molar-refractivity contribution in [3.63, 3.8) is 0 Å². The predicted octanol–water partition coefficient (Wildman–Crippen LogP) is 3.47. The van der Waals surface area contributed by atoms with E-state index in [4.69, 9.17) is 9.60 Å². The Morgan fingerprint density at radius 3 is 3.22 bits per heavy atom. The van der Waals surface area contributed by atoms with Crippen molar-refractivity contribution in [1.82, 2.24) is 24.7 Å². The van der Waals surface area contributed by atoms with E-state index in [2.05, 4.69) is 20.1 Å². The summed E-state index contributed by atoms with van der Waals surface area (Å²) in [5.41, 5.74) is 1.51. The van der Waals surface area contributed by atoms with Crippen LogP contribution >= 0.6 is 0 Å². The Kier molecular flexibility index (Phi) is 2.10. The molecule has 1 atom stereocenters. The van der Waals surface area contributed by atoms with Crippen molar-refractivity contribution in [2.75, 3.05) is 0 Å². The molecule has 0 saturated heterocycles. The highest BCUT2D eigenvalue weighted by Crippen LogP contribution is 2.36. The number of nitriles is 1. The van der Waals surface area contributed by atoms with Crippen LogP contribution in [0.3, 0.4) is 0 Å². The van der Waals surface area contributed by atoms with Crippen molar-refractivity contribution in [2.24, 2.45) is 5.89 Å². The molecule has 0 amide bonds. The lowest BCUT2D eigenvalue weighted by Gasteiger charge is -2.21. The van der Waals surface area contributed by atoms with Gasteiger partial charge in [0.1, 0.15) is 12.0 Å². The minimum absolute atomic E-state index is 0.258. The molecule has 1 N–H and O–H groups in total.